The van der Waals surface area contributed by atoms with Gasteiger partial charge in [-0.1, -0.05) is 32.1 Å². The first-order valence-electron chi connectivity index (χ1n) is 6.28. The highest BCUT2D eigenvalue weighted by Gasteiger charge is 2.14. The third kappa shape index (κ3) is 5.62. The Morgan fingerprint density at radius 1 is 1.20 bits per heavy atom. The Balaban J connectivity index is 2.03. The molecular formula is C14H22O. The first-order chi connectivity index (χ1) is 7.33. The summed E-state index contributed by atoms with van der Waals surface area (Å²) in [5.74, 6) is 3.82. The molecule has 1 saturated carbocycles. The molecule has 0 unspecified atom stereocenters. The lowest BCUT2D eigenvalue weighted by molar-refractivity contribution is -0.119. The maximum Gasteiger partial charge on any atom is 0.132 e. The van der Waals surface area contributed by atoms with Crippen molar-refractivity contribution in [1.82, 2.24) is 0 Å². The van der Waals surface area contributed by atoms with Gasteiger partial charge < -0.3 is 0 Å². The van der Waals surface area contributed by atoms with E-state index in [0.29, 0.717) is 12.2 Å². The highest BCUT2D eigenvalue weighted by Crippen LogP contribution is 2.27. The van der Waals surface area contributed by atoms with Crippen molar-refractivity contribution in [3.05, 3.63) is 0 Å². The van der Waals surface area contributed by atoms with Gasteiger partial charge >= 0.3 is 0 Å². The minimum absolute atomic E-state index is 0.413. The molecule has 84 valence electrons. The van der Waals surface area contributed by atoms with Crippen LogP contribution in [-0.2, 0) is 4.79 Å². The highest BCUT2D eigenvalue weighted by atomic mass is 16.1. The fourth-order valence-electron chi connectivity index (χ4n) is 2.35. The maximum absolute atomic E-state index is 11.5. The Morgan fingerprint density at radius 3 is 2.60 bits per heavy atom. The molecule has 0 heterocycles. The normalized spacial score (nSPS) is 17.3. The van der Waals surface area contributed by atoms with Crippen LogP contribution in [0.25, 0.3) is 0 Å². The summed E-state index contributed by atoms with van der Waals surface area (Å²) >= 11 is 0. The molecule has 1 aliphatic rings. The van der Waals surface area contributed by atoms with Crippen LogP contribution in [0.15, 0.2) is 0 Å². The van der Waals surface area contributed by atoms with Crippen LogP contribution in [0.1, 0.15) is 64.2 Å². The number of unbranched alkanes of at least 4 members (excludes halogenated alkanes) is 1. The molecule has 0 bridgehead atoms. The van der Waals surface area contributed by atoms with Crippen LogP contribution in [-0.4, -0.2) is 5.78 Å². The van der Waals surface area contributed by atoms with Gasteiger partial charge in [0.25, 0.3) is 0 Å². The Morgan fingerprint density at radius 2 is 1.93 bits per heavy atom. The molecule has 0 saturated heterocycles. The van der Waals surface area contributed by atoms with Crippen LogP contribution in [0.2, 0.25) is 0 Å². The predicted octanol–water partition coefficient (Wildman–Crippen LogP) is 3.72. The number of terminal acetylenes is 1. The van der Waals surface area contributed by atoms with Crippen LogP contribution in [0.4, 0.5) is 0 Å². The van der Waals surface area contributed by atoms with Crippen LogP contribution in [0, 0.1) is 18.3 Å². The topological polar surface area (TPSA) is 17.1 Å². The molecule has 15 heavy (non-hydrogen) atoms. The molecule has 0 N–H and O–H groups in total. The molecule has 0 amide bonds. The lowest BCUT2D eigenvalue weighted by Crippen LogP contribution is -2.08. The third-order valence-electron chi connectivity index (χ3n) is 3.33. The Hall–Kier alpha value is -0.770. The van der Waals surface area contributed by atoms with Crippen molar-refractivity contribution >= 4 is 5.78 Å². The van der Waals surface area contributed by atoms with Crippen molar-refractivity contribution in [2.45, 2.75) is 64.2 Å². The summed E-state index contributed by atoms with van der Waals surface area (Å²) in [6.07, 6.45) is 16.2. The van der Waals surface area contributed by atoms with Crippen molar-refractivity contribution in [1.29, 1.82) is 0 Å². The van der Waals surface area contributed by atoms with E-state index >= 15 is 0 Å². The number of rotatable bonds is 6. The molecule has 0 aliphatic heterocycles. The van der Waals surface area contributed by atoms with Crippen molar-refractivity contribution in [3.63, 3.8) is 0 Å². The van der Waals surface area contributed by atoms with Gasteiger partial charge in [-0.15, -0.1) is 12.3 Å². The molecule has 1 fully saturated rings. The van der Waals surface area contributed by atoms with Gasteiger partial charge in [-0.2, -0.15) is 0 Å². The van der Waals surface area contributed by atoms with Crippen LogP contribution in [0.3, 0.4) is 0 Å². The maximum atomic E-state index is 11.5. The van der Waals surface area contributed by atoms with Gasteiger partial charge in [-0.3, -0.25) is 4.79 Å². The van der Waals surface area contributed by atoms with Gasteiger partial charge in [0.15, 0.2) is 0 Å². The Labute approximate surface area is 93.6 Å². The summed E-state index contributed by atoms with van der Waals surface area (Å²) in [7, 11) is 0. The third-order valence-corrected chi connectivity index (χ3v) is 3.33. The van der Waals surface area contributed by atoms with E-state index in [0.717, 1.165) is 31.6 Å². The molecule has 0 aromatic rings. The molecule has 0 spiro atoms. The van der Waals surface area contributed by atoms with E-state index in [-0.39, 0.29) is 0 Å². The van der Waals surface area contributed by atoms with E-state index < -0.39 is 0 Å². The second-order valence-corrected chi connectivity index (χ2v) is 4.64. The minimum atomic E-state index is 0.413. The SMILES string of the molecule is C#CCCCC(=O)CCC1CCCCC1. The Bertz CT molecular complexity index is 218. The lowest BCUT2D eigenvalue weighted by atomic mass is 9.85. The first-order valence-corrected chi connectivity index (χ1v) is 6.28. The second-order valence-electron chi connectivity index (χ2n) is 4.64. The summed E-state index contributed by atoms with van der Waals surface area (Å²) in [5.41, 5.74) is 0. The number of hydrogen-bond acceptors (Lipinski definition) is 1. The average Bonchev–Trinajstić information content (AvgIpc) is 2.28. The van der Waals surface area contributed by atoms with Crippen LogP contribution in [0.5, 0.6) is 0 Å². The summed E-state index contributed by atoms with van der Waals surface area (Å²) in [5, 5.41) is 0. The number of carbonyl (C=O) groups is 1. The largest absolute Gasteiger partial charge is 0.300 e. The van der Waals surface area contributed by atoms with Gasteiger partial charge in [0.2, 0.25) is 0 Å². The molecular weight excluding hydrogens is 184 g/mol. The summed E-state index contributed by atoms with van der Waals surface area (Å²) < 4.78 is 0. The standard InChI is InChI=1S/C14H22O/c1-2-3-5-10-14(15)12-11-13-8-6-4-7-9-13/h1,13H,3-12H2. The molecule has 1 aliphatic carbocycles. The van der Waals surface area contributed by atoms with E-state index in [1.165, 1.54) is 32.1 Å². The molecule has 1 rings (SSSR count). The molecule has 0 atom stereocenters. The zero-order valence-electron chi connectivity index (χ0n) is 9.63. The summed E-state index contributed by atoms with van der Waals surface area (Å²) in [4.78, 5) is 11.5. The average molecular weight is 206 g/mol. The summed E-state index contributed by atoms with van der Waals surface area (Å²) in [6, 6.07) is 0. The van der Waals surface area contributed by atoms with E-state index in [9.17, 15) is 4.79 Å². The molecule has 1 nitrogen and oxygen atoms in total. The van der Waals surface area contributed by atoms with Gasteiger partial charge in [-0.25, -0.2) is 0 Å². The van der Waals surface area contributed by atoms with Crippen molar-refractivity contribution in [2.24, 2.45) is 5.92 Å². The van der Waals surface area contributed by atoms with E-state index in [1.807, 2.05) is 0 Å². The van der Waals surface area contributed by atoms with Crippen molar-refractivity contribution in [2.75, 3.05) is 0 Å². The van der Waals surface area contributed by atoms with E-state index in [4.69, 9.17) is 6.42 Å². The zero-order valence-corrected chi connectivity index (χ0v) is 9.63. The monoisotopic (exact) mass is 206 g/mol. The predicted molar refractivity (Wildman–Crippen MR) is 63.5 cm³/mol. The van der Waals surface area contributed by atoms with Gasteiger partial charge in [-0.05, 0) is 18.8 Å². The fraction of sp³-hybridized carbons (Fsp3) is 0.786. The second kappa shape index (κ2) is 7.51. The number of Topliss-reactive ketones (excluding diaryl/α,β-unsaturated/α-hetero) is 1. The summed E-state index contributed by atoms with van der Waals surface area (Å²) in [6.45, 7) is 0. The minimum Gasteiger partial charge on any atom is -0.300 e. The van der Waals surface area contributed by atoms with Crippen molar-refractivity contribution in [3.8, 4) is 12.3 Å². The van der Waals surface area contributed by atoms with E-state index in [1.54, 1.807) is 0 Å². The molecule has 1 heteroatoms. The number of ketones is 1. The lowest BCUT2D eigenvalue weighted by Gasteiger charge is -2.20. The highest BCUT2D eigenvalue weighted by molar-refractivity contribution is 5.78. The Kier molecular flexibility index (Phi) is 6.16. The van der Waals surface area contributed by atoms with Gasteiger partial charge in [0, 0.05) is 19.3 Å². The first kappa shape index (κ1) is 12.3. The van der Waals surface area contributed by atoms with Crippen LogP contribution >= 0.6 is 0 Å². The number of carbonyl (C=O) groups excluding carboxylic acids is 1. The van der Waals surface area contributed by atoms with Gasteiger partial charge in [0.05, 0.1) is 0 Å². The quantitative estimate of drug-likeness (QED) is 0.478. The molecule has 0 radical (unpaired) electrons. The molecule has 0 aromatic carbocycles. The van der Waals surface area contributed by atoms with Crippen LogP contribution < -0.4 is 0 Å². The number of hydrogen-bond donors (Lipinski definition) is 0. The van der Waals surface area contributed by atoms with Crippen molar-refractivity contribution < 1.29 is 4.79 Å². The van der Waals surface area contributed by atoms with E-state index in [2.05, 4.69) is 5.92 Å². The molecule has 0 aromatic heterocycles. The fourth-order valence-corrected chi connectivity index (χ4v) is 2.35. The smallest absolute Gasteiger partial charge is 0.132 e. The zero-order chi connectivity index (χ0) is 10.9. The van der Waals surface area contributed by atoms with Gasteiger partial charge in [0.1, 0.15) is 5.78 Å².